The van der Waals surface area contributed by atoms with Crippen molar-refractivity contribution in [3.63, 3.8) is 0 Å². The average Bonchev–Trinajstić information content (AvgIpc) is 3.40. The SMILES string of the molecule is NCCCn1cc(C2=C(c3c[nH]c4ccccc34)C(=O)NC2=O)c2c(Cl)cccc21. The van der Waals surface area contributed by atoms with Crippen molar-refractivity contribution in [2.24, 2.45) is 5.73 Å². The summed E-state index contributed by atoms with van der Waals surface area (Å²) >= 11 is 6.56. The summed E-state index contributed by atoms with van der Waals surface area (Å²) in [4.78, 5) is 29.0. The Bertz CT molecular complexity index is 1360. The van der Waals surface area contributed by atoms with Crippen LogP contribution in [0.4, 0.5) is 0 Å². The molecule has 4 aromatic rings. The number of aromatic amines is 1. The third kappa shape index (κ3) is 2.76. The molecular formula is C23H19ClN4O2. The van der Waals surface area contributed by atoms with E-state index < -0.39 is 11.8 Å². The Hall–Kier alpha value is -3.35. The molecule has 0 unspecified atom stereocenters. The number of nitrogens with two attached hydrogens (primary N) is 1. The molecule has 2 aromatic heterocycles. The number of hydrogen-bond acceptors (Lipinski definition) is 3. The van der Waals surface area contributed by atoms with Gasteiger partial charge in [0.05, 0.1) is 21.7 Å². The highest BCUT2D eigenvalue weighted by Crippen LogP contribution is 2.40. The molecule has 0 spiro atoms. The highest BCUT2D eigenvalue weighted by atomic mass is 35.5. The molecule has 4 N–H and O–H groups in total. The lowest BCUT2D eigenvalue weighted by atomic mass is 9.95. The molecule has 0 fully saturated rings. The van der Waals surface area contributed by atoms with E-state index in [2.05, 4.69) is 10.3 Å². The van der Waals surface area contributed by atoms with Crippen LogP contribution in [0.15, 0.2) is 54.9 Å². The van der Waals surface area contributed by atoms with E-state index >= 15 is 0 Å². The molecule has 0 radical (unpaired) electrons. The molecular weight excluding hydrogens is 400 g/mol. The fraction of sp³-hybridized carbons (Fsp3) is 0.130. The van der Waals surface area contributed by atoms with Crippen LogP contribution in [0.2, 0.25) is 5.02 Å². The zero-order valence-corrected chi connectivity index (χ0v) is 16.8. The lowest BCUT2D eigenvalue weighted by Crippen LogP contribution is -2.22. The molecule has 1 aliphatic rings. The summed E-state index contributed by atoms with van der Waals surface area (Å²) < 4.78 is 2.04. The number of aryl methyl sites for hydroxylation is 1. The summed E-state index contributed by atoms with van der Waals surface area (Å²) in [5.41, 5.74) is 9.54. The Morgan fingerprint density at radius 1 is 0.967 bits per heavy atom. The number of nitrogens with zero attached hydrogens (tertiary/aromatic N) is 1. The van der Waals surface area contributed by atoms with Crippen molar-refractivity contribution in [2.45, 2.75) is 13.0 Å². The summed E-state index contributed by atoms with van der Waals surface area (Å²) in [7, 11) is 0. The van der Waals surface area contributed by atoms with Gasteiger partial charge in [-0.3, -0.25) is 14.9 Å². The van der Waals surface area contributed by atoms with Gasteiger partial charge in [0, 0.05) is 46.4 Å². The Morgan fingerprint density at radius 2 is 1.73 bits per heavy atom. The first kappa shape index (κ1) is 18.7. The van der Waals surface area contributed by atoms with E-state index in [1.807, 2.05) is 47.2 Å². The van der Waals surface area contributed by atoms with Crippen molar-refractivity contribution >= 4 is 56.4 Å². The summed E-state index contributed by atoms with van der Waals surface area (Å²) in [6, 6.07) is 13.3. The lowest BCUT2D eigenvalue weighted by Gasteiger charge is -2.04. The number of amides is 2. The third-order valence-electron chi connectivity index (χ3n) is 5.52. The molecule has 150 valence electrons. The smallest absolute Gasteiger partial charge is 0.259 e. The monoisotopic (exact) mass is 418 g/mol. The maximum absolute atomic E-state index is 12.9. The van der Waals surface area contributed by atoms with E-state index in [9.17, 15) is 9.59 Å². The van der Waals surface area contributed by atoms with Gasteiger partial charge in [-0.2, -0.15) is 0 Å². The first-order chi connectivity index (χ1) is 14.6. The second-order valence-corrected chi connectivity index (χ2v) is 7.70. The number of carbonyl (C=O) groups is 2. The summed E-state index contributed by atoms with van der Waals surface area (Å²) in [5, 5.41) is 4.64. The van der Waals surface area contributed by atoms with E-state index in [-0.39, 0.29) is 0 Å². The van der Waals surface area contributed by atoms with Gasteiger partial charge in [-0.15, -0.1) is 0 Å². The summed E-state index contributed by atoms with van der Waals surface area (Å²) in [5.74, 6) is -0.826. The average molecular weight is 419 g/mol. The van der Waals surface area contributed by atoms with Gasteiger partial charge in [-0.25, -0.2) is 0 Å². The molecule has 6 nitrogen and oxygen atoms in total. The van der Waals surface area contributed by atoms with E-state index in [1.165, 1.54) is 0 Å². The third-order valence-corrected chi connectivity index (χ3v) is 5.83. The number of fused-ring (bicyclic) bond motifs is 2. The van der Waals surface area contributed by atoms with Crippen LogP contribution in [0.3, 0.4) is 0 Å². The second kappa shape index (κ2) is 7.16. The van der Waals surface area contributed by atoms with Crippen LogP contribution in [-0.2, 0) is 16.1 Å². The highest BCUT2D eigenvalue weighted by molar-refractivity contribution is 6.51. The highest BCUT2D eigenvalue weighted by Gasteiger charge is 2.35. The van der Waals surface area contributed by atoms with Crippen molar-refractivity contribution in [1.29, 1.82) is 0 Å². The lowest BCUT2D eigenvalue weighted by molar-refractivity contribution is -0.122. The van der Waals surface area contributed by atoms with Crippen molar-refractivity contribution < 1.29 is 9.59 Å². The summed E-state index contributed by atoms with van der Waals surface area (Å²) in [6.07, 6.45) is 4.46. The largest absolute Gasteiger partial charge is 0.361 e. The van der Waals surface area contributed by atoms with Crippen LogP contribution in [0.1, 0.15) is 17.5 Å². The normalized spacial score (nSPS) is 14.3. The molecule has 1 aliphatic heterocycles. The van der Waals surface area contributed by atoms with Gasteiger partial charge in [0.1, 0.15) is 0 Å². The van der Waals surface area contributed by atoms with Gasteiger partial charge >= 0.3 is 0 Å². The maximum Gasteiger partial charge on any atom is 0.259 e. The zero-order valence-electron chi connectivity index (χ0n) is 16.0. The fourth-order valence-electron chi connectivity index (χ4n) is 4.19. The van der Waals surface area contributed by atoms with Crippen molar-refractivity contribution in [3.05, 3.63) is 71.0 Å². The number of aromatic nitrogens is 2. The van der Waals surface area contributed by atoms with Crippen molar-refractivity contribution in [3.8, 4) is 0 Å². The molecule has 0 aliphatic carbocycles. The van der Waals surface area contributed by atoms with Crippen LogP contribution < -0.4 is 11.1 Å². The number of carbonyl (C=O) groups excluding carboxylic acids is 2. The second-order valence-electron chi connectivity index (χ2n) is 7.29. The minimum absolute atomic E-state index is 0.342. The number of imide groups is 1. The molecule has 2 amide bonds. The maximum atomic E-state index is 12.9. The van der Waals surface area contributed by atoms with Gasteiger partial charge in [0.2, 0.25) is 0 Å². The van der Waals surface area contributed by atoms with Crippen LogP contribution in [0.25, 0.3) is 33.0 Å². The number of H-pyrrole nitrogens is 1. The Balaban J connectivity index is 1.82. The van der Waals surface area contributed by atoms with E-state index in [0.29, 0.717) is 40.4 Å². The summed E-state index contributed by atoms with van der Waals surface area (Å²) in [6.45, 7) is 1.25. The molecule has 0 bridgehead atoms. The van der Waals surface area contributed by atoms with Gasteiger partial charge in [0.25, 0.3) is 11.8 Å². The van der Waals surface area contributed by atoms with Crippen molar-refractivity contribution in [2.75, 3.05) is 6.54 Å². The molecule has 0 atom stereocenters. The molecule has 30 heavy (non-hydrogen) atoms. The molecule has 3 heterocycles. The number of rotatable bonds is 5. The minimum Gasteiger partial charge on any atom is -0.361 e. The molecule has 0 saturated heterocycles. The Labute approximate surface area is 177 Å². The van der Waals surface area contributed by atoms with Crippen molar-refractivity contribution in [1.82, 2.24) is 14.9 Å². The quantitative estimate of drug-likeness (QED) is 0.431. The van der Waals surface area contributed by atoms with Crippen LogP contribution in [0, 0.1) is 0 Å². The standard InChI is InChI=1S/C23H19ClN4O2/c24-16-6-3-8-18-19(16)15(12-28(18)10-4-9-25)21-20(22(29)27-23(21)30)14-11-26-17-7-2-1-5-13(14)17/h1-3,5-8,11-12,26H,4,9-10,25H2,(H,27,29,30). The number of para-hydroxylation sites is 1. The number of hydrogen-bond donors (Lipinski definition) is 3. The Morgan fingerprint density at radius 3 is 2.53 bits per heavy atom. The van der Waals surface area contributed by atoms with Crippen LogP contribution >= 0.6 is 11.6 Å². The number of benzene rings is 2. The molecule has 2 aromatic carbocycles. The Kier molecular flexibility index (Phi) is 4.46. The molecule has 0 saturated carbocycles. The molecule has 5 rings (SSSR count). The number of nitrogens with one attached hydrogen (secondary N) is 2. The van der Waals surface area contributed by atoms with E-state index in [4.69, 9.17) is 17.3 Å². The first-order valence-corrected chi connectivity index (χ1v) is 10.1. The predicted molar refractivity (Wildman–Crippen MR) is 119 cm³/mol. The van der Waals surface area contributed by atoms with E-state index in [0.717, 1.165) is 28.2 Å². The zero-order chi connectivity index (χ0) is 20.8. The van der Waals surface area contributed by atoms with Crippen LogP contribution in [0.5, 0.6) is 0 Å². The fourth-order valence-corrected chi connectivity index (χ4v) is 4.46. The van der Waals surface area contributed by atoms with E-state index in [1.54, 1.807) is 12.3 Å². The van der Waals surface area contributed by atoms with Gasteiger partial charge < -0.3 is 15.3 Å². The first-order valence-electron chi connectivity index (χ1n) is 9.74. The number of halogens is 1. The minimum atomic E-state index is -0.418. The van der Waals surface area contributed by atoms with Gasteiger partial charge in [0.15, 0.2) is 0 Å². The van der Waals surface area contributed by atoms with Gasteiger partial charge in [-0.1, -0.05) is 35.9 Å². The topological polar surface area (TPSA) is 92.9 Å². The molecule has 7 heteroatoms. The predicted octanol–water partition coefficient (Wildman–Crippen LogP) is 3.69. The van der Waals surface area contributed by atoms with Crippen LogP contribution in [-0.4, -0.2) is 27.9 Å². The van der Waals surface area contributed by atoms with Gasteiger partial charge in [-0.05, 0) is 31.2 Å².